The van der Waals surface area contributed by atoms with Crippen molar-refractivity contribution >= 4 is 12.4 Å². The third kappa shape index (κ3) is 2.21. The van der Waals surface area contributed by atoms with Crippen LogP contribution in [0.15, 0.2) is 11.1 Å². The molecule has 0 bridgehead atoms. The molecule has 2 aliphatic rings. The molecule has 0 spiro atoms. The van der Waals surface area contributed by atoms with Crippen LogP contribution in [0.1, 0.15) is 38.5 Å². The van der Waals surface area contributed by atoms with E-state index in [4.69, 9.17) is 5.73 Å². The molecule has 2 rings (SSSR count). The average molecular weight is 174 g/mol. The molecule has 0 amide bonds. The van der Waals surface area contributed by atoms with Crippen molar-refractivity contribution in [3.63, 3.8) is 0 Å². The molecule has 0 aromatic heterocycles. The zero-order valence-corrected chi connectivity index (χ0v) is 7.62. The van der Waals surface area contributed by atoms with Crippen molar-refractivity contribution in [2.24, 2.45) is 5.73 Å². The molecule has 0 aromatic carbocycles. The van der Waals surface area contributed by atoms with Crippen molar-refractivity contribution in [3.05, 3.63) is 11.1 Å². The van der Waals surface area contributed by atoms with Crippen LogP contribution in [0.25, 0.3) is 0 Å². The van der Waals surface area contributed by atoms with Gasteiger partial charge < -0.3 is 5.73 Å². The summed E-state index contributed by atoms with van der Waals surface area (Å²) >= 11 is 0. The fourth-order valence-corrected chi connectivity index (χ4v) is 1.76. The average Bonchev–Trinajstić information content (AvgIpc) is 2.71. The zero-order chi connectivity index (χ0) is 6.97. The first-order chi connectivity index (χ1) is 4.86. The monoisotopic (exact) mass is 173 g/mol. The molecule has 0 saturated heterocycles. The number of nitrogens with two attached hydrogens (primary N) is 1. The fourth-order valence-electron chi connectivity index (χ4n) is 1.76. The molecule has 0 unspecified atom stereocenters. The Morgan fingerprint density at radius 2 is 1.36 bits per heavy atom. The molecule has 0 aromatic rings. The third-order valence-corrected chi connectivity index (χ3v) is 2.63. The molecular formula is C9H16ClN. The lowest BCUT2D eigenvalue weighted by Gasteiger charge is -2.19. The van der Waals surface area contributed by atoms with Crippen molar-refractivity contribution in [3.8, 4) is 0 Å². The Bertz CT molecular complexity index is 158. The van der Waals surface area contributed by atoms with E-state index in [9.17, 15) is 0 Å². The first-order valence-electron chi connectivity index (χ1n) is 4.31. The van der Waals surface area contributed by atoms with Crippen LogP contribution in [-0.2, 0) is 0 Å². The second-order valence-electron chi connectivity index (χ2n) is 3.54. The summed E-state index contributed by atoms with van der Waals surface area (Å²) in [5, 5.41) is 0. The molecule has 2 aliphatic carbocycles. The number of hydrogen-bond donors (Lipinski definition) is 1. The summed E-state index contributed by atoms with van der Waals surface area (Å²) in [7, 11) is 0. The summed E-state index contributed by atoms with van der Waals surface area (Å²) < 4.78 is 0. The molecule has 1 nitrogen and oxygen atoms in total. The molecule has 2 heteroatoms. The first-order valence-corrected chi connectivity index (χ1v) is 4.31. The van der Waals surface area contributed by atoms with E-state index in [1.165, 1.54) is 38.5 Å². The Morgan fingerprint density at radius 3 is 1.82 bits per heavy atom. The summed E-state index contributed by atoms with van der Waals surface area (Å²) in [5.74, 6) is 0. The van der Waals surface area contributed by atoms with Gasteiger partial charge in [-0.3, -0.25) is 0 Å². The largest absolute Gasteiger partial charge is 0.328 e. The molecule has 64 valence electrons. The van der Waals surface area contributed by atoms with Gasteiger partial charge in [-0.1, -0.05) is 11.1 Å². The maximum Gasteiger partial charge on any atom is 0.00449 e. The Morgan fingerprint density at radius 1 is 0.909 bits per heavy atom. The highest BCUT2D eigenvalue weighted by Gasteiger charge is 2.21. The minimum absolute atomic E-state index is 0. The maximum atomic E-state index is 5.79. The van der Waals surface area contributed by atoms with E-state index < -0.39 is 0 Å². The molecule has 0 atom stereocenters. The van der Waals surface area contributed by atoms with Crippen LogP contribution in [0.4, 0.5) is 0 Å². The van der Waals surface area contributed by atoms with Crippen molar-refractivity contribution in [1.82, 2.24) is 0 Å². The topological polar surface area (TPSA) is 26.0 Å². The van der Waals surface area contributed by atoms with Gasteiger partial charge in [-0.2, -0.15) is 0 Å². The number of rotatable bonds is 0. The van der Waals surface area contributed by atoms with Crippen LogP contribution in [0.5, 0.6) is 0 Å². The zero-order valence-electron chi connectivity index (χ0n) is 6.81. The van der Waals surface area contributed by atoms with E-state index in [1.54, 1.807) is 11.1 Å². The van der Waals surface area contributed by atoms with E-state index in [-0.39, 0.29) is 12.4 Å². The molecule has 0 radical (unpaired) electrons. The summed E-state index contributed by atoms with van der Waals surface area (Å²) in [5.41, 5.74) is 9.30. The van der Waals surface area contributed by atoms with Gasteiger partial charge in [0.05, 0.1) is 0 Å². The third-order valence-electron chi connectivity index (χ3n) is 2.63. The van der Waals surface area contributed by atoms with Crippen LogP contribution in [0.2, 0.25) is 0 Å². The van der Waals surface area contributed by atoms with E-state index in [1.807, 2.05) is 0 Å². The Labute approximate surface area is 74.5 Å². The minimum atomic E-state index is 0. The van der Waals surface area contributed by atoms with Crippen LogP contribution >= 0.6 is 12.4 Å². The van der Waals surface area contributed by atoms with Gasteiger partial charge in [-0.05, 0) is 38.5 Å². The molecule has 0 heterocycles. The quantitative estimate of drug-likeness (QED) is 0.560. The SMILES string of the molecule is Cl.NC1CCC(=C2CC2)CC1. The molecule has 2 saturated carbocycles. The minimum Gasteiger partial charge on any atom is -0.328 e. The number of halogens is 1. The summed E-state index contributed by atoms with van der Waals surface area (Å²) in [6.07, 6.45) is 7.86. The van der Waals surface area contributed by atoms with Crippen molar-refractivity contribution in [1.29, 1.82) is 0 Å². The molecule has 2 N–H and O–H groups in total. The predicted octanol–water partition coefficient (Wildman–Crippen LogP) is 2.40. The van der Waals surface area contributed by atoms with Gasteiger partial charge in [0.1, 0.15) is 0 Å². The second kappa shape index (κ2) is 3.59. The lowest BCUT2D eigenvalue weighted by atomic mass is 9.91. The fraction of sp³-hybridized carbons (Fsp3) is 0.778. The van der Waals surface area contributed by atoms with Gasteiger partial charge >= 0.3 is 0 Å². The van der Waals surface area contributed by atoms with E-state index in [0.29, 0.717) is 6.04 Å². The summed E-state index contributed by atoms with van der Waals surface area (Å²) in [6.45, 7) is 0. The lowest BCUT2D eigenvalue weighted by molar-refractivity contribution is 0.510. The lowest BCUT2D eigenvalue weighted by Crippen LogP contribution is -2.23. The molecular weight excluding hydrogens is 158 g/mol. The van der Waals surface area contributed by atoms with Crippen LogP contribution < -0.4 is 5.73 Å². The highest BCUT2D eigenvalue weighted by atomic mass is 35.5. The number of allylic oxidation sites excluding steroid dienone is 2. The summed E-state index contributed by atoms with van der Waals surface area (Å²) in [6, 6.07) is 0.503. The molecule has 0 aliphatic heterocycles. The van der Waals surface area contributed by atoms with Crippen molar-refractivity contribution in [2.75, 3.05) is 0 Å². The van der Waals surface area contributed by atoms with Gasteiger partial charge in [-0.15, -0.1) is 12.4 Å². The van der Waals surface area contributed by atoms with Gasteiger partial charge in [0.25, 0.3) is 0 Å². The number of hydrogen-bond acceptors (Lipinski definition) is 1. The second-order valence-corrected chi connectivity index (χ2v) is 3.54. The highest BCUT2D eigenvalue weighted by molar-refractivity contribution is 5.85. The van der Waals surface area contributed by atoms with E-state index >= 15 is 0 Å². The van der Waals surface area contributed by atoms with Crippen molar-refractivity contribution < 1.29 is 0 Å². The van der Waals surface area contributed by atoms with Crippen molar-refractivity contribution in [2.45, 2.75) is 44.6 Å². The normalized spacial score (nSPS) is 29.7. The Hall–Kier alpha value is -0.0100. The summed E-state index contributed by atoms with van der Waals surface area (Å²) in [4.78, 5) is 0. The predicted molar refractivity (Wildman–Crippen MR) is 50.0 cm³/mol. The van der Waals surface area contributed by atoms with Crippen LogP contribution in [0, 0.1) is 0 Å². The van der Waals surface area contributed by atoms with Crippen LogP contribution in [0.3, 0.4) is 0 Å². The Balaban J connectivity index is 0.000000605. The van der Waals surface area contributed by atoms with Gasteiger partial charge in [-0.25, -0.2) is 0 Å². The maximum absolute atomic E-state index is 5.79. The molecule has 2 fully saturated rings. The van der Waals surface area contributed by atoms with Crippen LogP contribution in [-0.4, -0.2) is 6.04 Å². The van der Waals surface area contributed by atoms with E-state index in [2.05, 4.69) is 0 Å². The van der Waals surface area contributed by atoms with Gasteiger partial charge in [0.15, 0.2) is 0 Å². The van der Waals surface area contributed by atoms with Gasteiger partial charge in [0, 0.05) is 6.04 Å². The highest BCUT2D eigenvalue weighted by Crippen LogP contribution is 2.37. The molecule has 11 heavy (non-hydrogen) atoms. The standard InChI is InChI=1S/C9H15N.ClH/c10-9-5-3-8(4-6-9)7-1-2-7;/h9H,1-6,10H2;1H. The smallest absolute Gasteiger partial charge is 0.00449 e. The van der Waals surface area contributed by atoms with E-state index in [0.717, 1.165) is 0 Å². The first kappa shape index (κ1) is 9.08. The Kier molecular flexibility index (Phi) is 2.97. The van der Waals surface area contributed by atoms with Gasteiger partial charge in [0.2, 0.25) is 0 Å².